The van der Waals surface area contributed by atoms with Crippen LogP contribution in [0.15, 0.2) is 54.9 Å². The van der Waals surface area contributed by atoms with E-state index in [1.54, 1.807) is 31.6 Å². The number of likely N-dealkylation sites (N-methyl/N-ethyl adjacent to an activating group) is 1. The molecule has 0 bridgehead atoms. The van der Waals surface area contributed by atoms with E-state index in [9.17, 15) is 14.4 Å². The van der Waals surface area contributed by atoms with E-state index in [1.807, 2.05) is 23.1 Å². The Labute approximate surface area is 176 Å². The Bertz CT molecular complexity index is 854. The van der Waals surface area contributed by atoms with E-state index < -0.39 is 11.4 Å². The molecule has 1 saturated heterocycles. The molecular formula is C22H27N5O3. The summed E-state index contributed by atoms with van der Waals surface area (Å²) in [5.41, 5.74) is 0.547. The number of pyridine rings is 1. The van der Waals surface area contributed by atoms with Crippen molar-refractivity contribution in [2.75, 3.05) is 38.1 Å². The van der Waals surface area contributed by atoms with Crippen molar-refractivity contribution >= 4 is 23.9 Å². The van der Waals surface area contributed by atoms with E-state index in [0.29, 0.717) is 25.1 Å². The monoisotopic (exact) mass is 409 g/mol. The van der Waals surface area contributed by atoms with Crippen LogP contribution >= 0.6 is 0 Å². The summed E-state index contributed by atoms with van der Waals surface area (Å²) in [7, 11) is 1.64. The Balaban J connectivity index is 1.65. The van der Waals surface area contributed by atoms with Gasteiger partial charge in [0.25, 0.3) is 5.91 Å². The fourth-order valence-corrected chi connectivity index (χ4v) is 3.87. The number of para-hydroxylation sites is 1. The molecule has 2 aromatic rings. The van der Waals surface area contributed by atoms with Crippen molar-refractivity contribution < 1.29 is 14.4 Å². The van der Waals surface area contributed by atoms with Gasteiger partial charge in [0, 0.05) is 50.7 Å². The van der Waals surface area contributed by atoms with Crippen molar-refractivity contribution in [3.63, 3.8) is 0 Å². The molecule has 1 unspecified atom stereocenters. The van der Waals surface area contributed by atoms with Gasteiger partial charge in [-0.25, -0.2) is 0 Å². The summed E-state index contributed by atoms with van der Waals surface area (Å²) < 4.78 is 0. The van der Waals surface area contributed by atoms with Crippen molar-refractivity contribution in [2.45, 2.75) is 18.4 Å². The van der Waals surface area contributed by atoms with Crippen LogP contribution in [0.4, 0.5) is 5.69 Å². The average molecular weight is 409 g/mol. The highest BCUT2D eigenvalue weighted by Crippen LogP contribution is 2.27. The molecule has 0 radical (unpaired) electrons. The number of carbonyl (C=O) groups is 3. The van der Waals surface area contributed by atoms with Crippen molar-refractivity contribution in [2.24, 2.45) is 0 Å². The van der Waals surface area contributed by atoms with Gasteiger partial charge in [0.1, 0.15) is 5.54 Å². The third-order valence-electron chi connectivity index (χ3n) is 5.63. The van der Waals surface area contributed by atoms with E-state index in [4.69, 9.17) is 0 Å². The molecule has 2 N–H and O–H groups in total. The molecule has 1 fully saturated rings. The molecule has 8 nitrogen and oxygen atoms in total. The first-order valence-corrected chi connectivity index (χ1v) is 10.0. The third kappa shape index (κ3) is 4.65. The minimum Gasteiger partial charge on any atom is -0.368 e. The number of aromatic nitrogens is 1. The molecule has 1 aliphatic rings. The lowest BCUT2D eigenvalue weighted by atomic mass is 9.85. The predicted octanol–water partition coefficient (Wildman–Crippen LogP) is 0.898. The number of imide groups is 1. The van der Waals surface area contributed by atoms with Gasteiger partial charge in [-0.1, -0.05) is 24.3 Å². The number of hydrogen-bond acceptors (Lipinski definition) is 6. The van der Waals surface area contributed by atoms with Gasteiger partial charge in [-0.3, -0.25) is 24.7 Å². The van der Waals surface area contributed by atoms with Gasteiger partial charge in [0.15, 0.2) is 0 Å². The van der Waals surface area contributed by atoms with Crippen LogP contribution in [-0.4, -0.2) is 61.3 Å². The fraction of sp³-hybridized carbons (Fsp3) is 0.364. The lowest BCUT2D eigenvalue weighted by molar-refractivity contribution is -0.133. The molecule has 0 spiro atoms. The van der Waals surface area contributed by atoms with Crippen molar-refractivity contribution in [3.05, 3.63) is 60.4 Å². The number of benzene rings is 1. The van der Waals surface area contributed by atoms with Crippen LogP contribution in [0.2, 0.25) is 0 Å². The molecule has 1 atom stereocenters. The van der Waals surface area contributed by atoms with Gasteiger partial charge in [-0.2, -0.15) is 0 Å². The molecule has 2 heterocycles. The largest absolute Gasteiger partial charge is 0.368 e. The fourth-order valence-electron chi connectivity index (χ4n) is 3.87. The number of rotatable bonds is 8. The smallest absolute Gasteiger partial charge is 0.251 e. The first kappa shape index (κ1) is 21.4. The van der Waals surface area contributed by atoms with Crippen LogP contribution in [0.5, 0.6) is 0 Å². The lowest BCUT2D eigenvalue weighted by Gasteiger charge is -2.37. The molecule has 158 valence electrons. The number of piperazine rings is 1. The number of anilines is 1. The maximum absolute atomic E-state index is 12.9. The van der Waals surface area contributed by atoms with Crippen molar-refractivity contribution in [3.8, 4) is 0 Å². The maximum atomic E-state index is 12.9. The highest BCUT2D eigenvalue weighted by molar-refractivity contribution is 5.94. The second-order valence-electron chi connectivity index (χ2n) is 7.19. The average Bonchev–Trinajstić information content (AvgIpc) is 2.81. The molecule has 1 aromatic heterocycles. The predicted molar refractivity (Wildman–Crippen MR) is 114 cm³/mol. The quantitative estimate of drug-likeness (QED) is 0.629. The van der Waals surface area contributed by atoms with Gasteiger partial charge in [-0.15, -0.1) is 0 Å². The normalized spacial score (nSPS) is 15.9. The molecule has 8 heteroatoms. The molecular weight excluding hydrogens is 382 g/mol. The van der Waals surface area contributed by atoms with Gasteiger partial charge < -0.3 is 15.1 Å². The summed E-state index contributed by atoms with van der Waals surface area (Å²) in [5, 5.41) is 5.24. The standard InChI is InChI=1S/C22H27N5O3/c1-23-22(21(30)25-17-28,18-6-5-11-24-16-18)10-9-20(29)27-14-12-26(13-15-27)19-7-3-2-4-8-19/h2-8,11,16-17,23H,9-10,12-15H2,1H3,(H,25,28,30). The van der Waals surface area contributed by atoms with Crippen molar-refractivity contribution in [1.82, 2.24) is 20.5 Å². The Kier molecular flexibility index (Phi) is 7.13. The number of nitrogens with zero attached hydrogens (tertiary/aromatic N) is 3. The van der Waals surface area contributed by atoms with E-state index in [2.05, 4.69) is 32.7 Å². The summed E-state index contributed by atoms with van der Waals surface area (Å²) in [4.78, 5) is 44.7. The second-order valence-corrected chi connectivity index (χ2v) is 7.19. The summed E-state index contributed by atoms with van der Waals surface area (Å²) in [5.74, 6) is -0.514. The SMILES string of the molecule is CNC(CCC(=O)N1CCN(c2ccccc2)CC1)(C(=O)NC=O)c1cccnc1. The Morgan fingerprint density at radius 2 is 1.83 bits per heavy atom. The van der Waals surface area contributed by atoms with Crippen LogP contribution in [0.3, 0.4) is 0 Å². The van der Waals surface area contributed by atoms with Gasteiger partial charge in [0.2, 0.25) is 12.3 Å². The molecule has 0 aliphatic carbocycles. The maximum Gasteiger partial charge on any atom is 0.251 e. The van der Waals surface area contributed by atoms with E-state index in [-0.39, 0.29) is 18.7 Å². The summed E-state index contributed by atoms with van der Waals surface area (Å²) in [6, 6.07) is 13.6. The van der Waals surface area contributed by atoms with Crippen LogP contribution in [0.1, 0.15) is 18.4 Å². The Morgan fingerprint density at radius 3 is 2.43 bits per heavy atom. The minimum atomic E-state index is -1.21. The van der Waals surface area contributed by atoms with Crippen LogP contribution < -0.4 is 15.5 Å². The third-order valence-corrected chi connectivity index (χ3v) is 5.63. The molecule has 1 aromatic carbocycles. The number of amides is 3. The second kappa shape index (κ2) is 9.98. The summed E-state index contributed by atoms with van der Waals surface area (Å²) >= 11 is 0. The number of carbonyl (C=O) groups excluding carboxylic acids is 3. The highest BCUT2D eigenvalue weighted by atomic mass is 16.2. The zero-order valence-electron chi connectivity index (χ0n) is 17.1. The Hall–Kier alpha value is -3.26. The number of nitrogens with one attached hydrogen (secondary N) is 2. The van der Waals surface area contributed by atoms with Crippen molar-refractivity contribution in [1.29, 1.82) is 0 Å². The highest BCUT2D eigenvalue weighted by Gasteiger charge is 2.39. The van der Waals surface area contributed by atoms with E-state index in [1.165, 1.54) is 0 Å². The Morgan fingerprint density at radius 1 is 1.10 bits per heavy atom. The molecule has 1 aliphatic heterocycles. The lowest BCUT2D eigenvalue weighted by Crippen LogP contribution is -2.54. The van der Waals surface area contributed by atoms with Gasteiger partial charge >= 0.3 is 0 Å². The van der Waals surface area contributed by atoms with Crippen LogP contribution in [0, 0.1) is 0 Å². The van der Waals surface area contributed by atoms with Gasteiger partial charge in [-0.05, 0) is 37.2 Å². The van der Waals surface area contributed by atoms with Crippen LogP contribution in [-0.2, 0) is 19.9 Å². The van der Waals surface area contributed by atoms with Gasteiger partial charge in [0.05, 0.1) is 0 Å². The topological polar surface area (TPSA) is 94.6 Å². The molecule has 30 heavy (non-hydrogen) atoms. The molecule has 3 rings (SSSR count). The summed E-state index contributed by atoms with van der Waals surface area (Å²) in [6.45, 7) is 2.80. The van der Waals surface area contributed by atoms with E-state index in [0.717, 1.165) is 18.8 Å². The zero-order valence-corrected chi connectivity index (χ0v) is 17.1. The molecule has 0 saturated carbocycles. The van der Waals surface area contributed by atoms with Crippen LogP contribution in [0.25, 0.3) is 0 Å². The zero-order chi connectivity index (χ0) is 21.4. The first-order chi connectivity index (χ1) is 14.6. The van der Waals surface area contributed by atoms with E-state index >= 15 is 0 Å². The molecule has 3 amide bonds. The number of hydrogen-bond donors (Lipinski definition) is 2. The summed E-state index contributed by atoms with van der Waals surface area (Å²) in [6.07, 6.45) is 3.93. The first-order valence-electron chi connectivity index (χ1n) is 10.0. The minimum absolute atomic E-state index is 0.00914.